The minimum Gasteiger partial charge on any atom is -0.454 e. The van der Waals surface area contributed by atoms with Crippen LogP contribution in [-0.4, -0.2) is 20.5 Å². The van der Waals surface area contributed by atoms with Crippen molar-refractivity contribution in [2.45, 2.75) is 0 Å². The van der Waals surface area contributed by atoms with Crippen molar-refractivity contribution >= 4 is 26.8 Å². The summed E-state index contributed by atoms with van der Waals surface area (Å²) in [5.41, 5.74) is 2.18. The van der Waals surface area contributed by atoms with E-state index in [0.717, 1.165) is 20.3 Å². The van der Waals surface area contributed by atoms with Crippen LogP contribution in [0.3, 0.4) is 0 Å². The fourth-order valence-electron chi connectivity index (χ4n) is 3.70. The molecule has 0 unspecified atom stereocenters. The van der Waals surface area contributed by atoms with E-state index in [4.69, 9.17) is 9.47 Å². The summed E-state index contributed by atoms with van der Waals surface area (Å²) < 4.78 is 16.3. The maximum Gasteiger partial charge on any atom is 0.330 e. The second-order valence-electron chi connectivity index (χ2n) is 6.83. The summed E-state index contributed by atoms with van der Waals surface area (Å²) in [5, 5.41) is 0.471. The lowest BCUT2D eigenvalue weighted by molar-refractivity contribution is 0.174. The van der Waals surface area contributed by atoms with Gasteiger partial charge in [-0.05, 0) is 18.2 Å². The molecule has 146 valence electrons. The average molecular weight is 454 g/mol. The van der Waals surface area contributed by atoms with Gasteiger partial charge in [-0.1, -0.05) is 34.1 Å². The van der Waals surface area contributed by atoms with Crippen LogP contribution in [0.5, 0.6) is 11.5 Å². The molecule has 4 aromatic rings. The molecule has 1 aliphatic heterocycles. The van der Waals surface area contributed by atoms with E-state index in [1.807, 2.05) is 53.2 Å². The van der Waals surface area contributed by atoms with Crippen LogP contribution in [0.4, 0.5) is 0 Å². The van der Waals surface area contributed by atoms with Gasteiger partial charge in [-0.25, -0.2) is 4.79 Å². The summed E-state index contributed by atoms with van der Waals surface area (Å²) in [4.78, 5) is 25.6. The molecule has 0 amide bonds. The van der Waals surface area contributed by atoms with E-state index in [1.54, 1.807) is 7.05 Å². The van der Waals surface area contributed by atoms with E-state index in [-0.39, 0.29) is 18.0 Å². The Balaban J connectivity index is 1.94. The fourth-order valence-corrected chi connectivity index (χ4v) is 4.17. The van der Waals surface area contributed by atoms with Crippen LogP contribution in [0.15, 0.2) is 62.7 Å². The van der Waals surface area contributed by atoms with Crippen LogP contribution in [-0.2, 0) is 14.1 Å². The zero-order chi connectivity index (χ0) is 20.3. The third-order valence-corrected chi connectivity index (χ3v) is 5.89. The van der Waals surface area contributed by atoms with E-state index in [9.17, 15) is 9.59 Å². The number of benzene rings is 2. The number of hydrogen-bond acceptors (Lipinski definition) is 4. The van der Waals surface area contributed by atoms with E-state index in [1.165, 1.54) is 11.6 Å². The molecule has 7 nitrogen and oxygen atoms in total. The molecule has 0 bridgehead atoms. The second kappa shape index (κ2) is 6.38. The lowest BCUT2D eigenvalue weighted by Gasteiger charge is -2.12. The van der Waals surface area contributed by atoms with Crippen molar-refractivity contribution in [2.24, 2.45) is 14.1 Å². The van der Waals surface area contributed by atoms with Gasteiger partial charge in [0.15, 0.2) is 11.5 Å². The maximum absolute atomic E-state index is 13.1. The van der Waals surface area contributed by atoms with E-state index in [2.05, 4.69) is 15.9 Å². The number of rotatable bonds is 2. The minimum absolute atomic E-state index is 0.179. The monoisotopic (exact) mass is 453 g/mol. The lowest BCUT2D eigenvalue weighted by atomic mass is 10.1. The lowest BCUT2D eigenvalue weighted by Crippen LogP contribution is -2.36. The van der Waals surface area contributed by atoms with E-state index >= 15 is 0 Å². The Morgan fingerprint density at radius 1 is 0.966 bits per heavy atom. The van der Waals surface area contributed by atoms with Gasteiger partial charge in [-0.2, -0.15) is 0 Å². The van der Waals surface area contributed by atoms with Gasteiger partial charge in [-0.3, -0.25) is 13.9 Å². The van der Waals surface area contributed by atoms with Crippen molar-refractivity contribution in [2.75, 3.05) is 6.79 Å². The van der Waals surface area contributed by atoms with Crippen LogP contribution in [0.1, 0.15) is 0 Å². The number of hydrogen-bond donors (Lipinski definition) is 0. The highest BCUT2D eigenvalue weighted by molar-refractivity contribution is 9.10. The first kappa shape index (κ1) is 17.8. The third kappa shape index (κ3) is 2.56. The van der Waals surface area contributed by atoms with Crippen molar-refractivity contribution < 1.29 is 9.47 Å². The predicted molar refractivity (Wildman–Crippen MR) is 113 cm³/mol. The summed E-state index contributed by atoms with van der Waals surface area (Å²) in [7, 11) is 3.16. The highest BCUT2D eigenvalue weighted by atomic mass is 79.9. The fraction of sp³-hybridized carbons (Fsp3) is 0.143. The topological polar surface area (TPSA) is 67.4 Å². The van der Waals surface area contributed by atoms with Gasteiger partial charge in [-0.15, -0.1) is 0 Å². The van der Waals surface area contributed by atoms with Gasteiger partial charge in [0.1, 0.15) is 0 Å². The molecule has 0 aliphatic carbocycles. The summed E-state index contributed by atoms with van der Waals surface area (Å²) in [5.74, 6) is 1.32. The zero-order valence-electron chi connectivity index (χ0n) is 15.7. The quantitative estimate of drug-likeness (QED) is 0.467. The standard InChI is InChI=1S/C21H16BrN3O4/c1-23-15-10-25(12-7-8-16-17(9-12)29-11-28-16)19(13-5-3-4-6-14(13)22)18(15)20(26)24(2)21(23)27/h3-10H,11H2,1-2H3. The summed E-state index contributed by atoms with van der Waals surface area (Å²) in [6.07, 6.45) is 1.81. The highest BCUT2D eigenvalue weighted by Crippen LogP contribution is 2.38. The molecule has 1 aliphatic rings. The molecule has 0 saturated carbocycles. The molecular formula is C21H16BrN3O4. The molecule has 2 aromatic heterocycles. The second-order valence-corrected chi connectivity index (χ2v) is 7.69. The first-order chi connectivity index (χ1) is 14.0. The van der Waals surface area contributed by atoms with Gasteiger partial charge >= 0.3 is 5.69 Å². The number of ether oxygens (including phenoxy) is 2. The number of fused-ring (bicyclic) bond motifs is 2. The molecule has 0 N–H and O–H groups in total. The Kier molecular flexibility index (Phi) is 3.92. The van der Waals surface area contributed by atoms with Gasteiger partial charge in [0.25, 0.3) is 5.56 Å². The van der Waals surface area contributed by atoms with Crippen LogP contribution in [0.25, 0.3) is 27.8 Å². The highest BCUT2D eigenvalue weighted by Gasteiger charge is 2.22. The number of aryl methyl sites for hydroxylation is 1. The normalized spacial score (nSPS) is 12.7. The molecule has 0 atom stereocenters. The molecule has 8 heteroatoms. The van der Waals surface area contributed by atoms with Crippen LogP contribution < -0.4 is 20.7 Å². The van der Waals surface area contributed by atoms with Crippen molar-refractivity contribution in [1.29, 1.82) is 0 Å². The first-order valence-corrected chi connectivity index (χ1v) is 9.72. The third-order valence-electron chi connectivity index (χ3n) is 5.20. The van der Waals surface area contributed by atoms with Gasteiger partial charge in [0.05, 0.1) is 16.6 Å². The molecule has 2 aromatic carbocycles. The number of halogens is 1. The number of aromatic nitrogens is 3. The Morgan fingerprint density at radius 2 is 1.72 bits per heavy atom. The minimum atomic E-state index is -0.371. The molecule has 5 rings (SSSR count). The molecule has 0 saturated heterocycles. The molecule has 29 heavy (non-hydrogen) atoms. The van der Waals surface area contributed by atoms with Crippen molar-refractivity contribution in [3.63, 3.8) is 0 Å². The Labute approximate surface area is 173 Å². The van der Waals surface area contributed by atoms with Gasteiger partial charge in [0, 0.05) is 42.1 Å². The first-order valence-electron chi connectivity index (χ1n) is 8.93. The molecule has 0 fully saturated rings. The summed E-state index contributed by atoms with van der Waals surface area (Å²) in [6, 6.07) is 13.3. The smallest absolute Gasteiger partial charge is 0.330 e. The Morgan fingerprint density at radius 3 is 2.52 bits per heavy atom. The molecular weight excluding hydrogens is 438 g/mol. The average Bonchev–Trinajstić information content (AvgIpc) is 3.35. The Hall–Kier alpha value is -3.26. The predicted octanol–water partition coefficient (Wildman–Crippen LogP) is 3.19. The Bertz CT molecular complexity index is 1410. The maximum atomic E-state index is 13.1. The molecule has 0 spiro atoms. The summed E-state index contributed by atoms with van der Waals surface area (Å²) >= 11 is 3.60. The van der Waals surface area contributed by atoms with Crippen molar-refractivity contribution in [3.05, 3.63) is 74.0 Å². The zero-order valence-corrected chi connectivity index (χ0v) is 17.3. The molecule has 0 radical (unpaired) electrons. The largest absolute Gasteiger partial charge is 0.454 e. The van der Waals surface area contributed by atoms with E-state index < -0.39 is 0 Å². The van der Waals surface area contributed by atoms with Crippen molar-refractivity contribution in [3.8, 4) is 28.4 Å². The SMILES string of the molecule is Cn1c(=O)c2c(-c3ccccc3Br)n(-c3ccc4c(c3)OCO4)cc2n(C)c1=O. The van der Waals surface area contributed by atoms with Crippen LogP contribution >= 0.6 is 15.9 Å². The van der Waals surface area contributed by atoms with Crippen molar-refractivity contribution in [1.82, 2.24) is 13.7 Å². The summed E-state index contributed by atoms with van der Waals surface area (Å²) in [6.45, 7) is 0.179. The van der Waals surface area contributed by atoms with E-state index in [0.29, 0.717) is 28.1 Å². The molecule has 3 heterocycles. The van der Waals surface area contributed by atoms with Crippen LogP contribution in [0, 0.1) is 0 Å². The van der Waals surface area contributed by atoms with Crippen LogP contribution in [0.2, 0.25) is 0 Å². The van der Waals surface area contributed by atoms with Gasteiger partial charge < -0.3 is 14.0 Å². The van der Waals surface area contributed by atoms with Gasteiger partial charge in [0.2, 0.25) is 6.79 Å². The number of nitrogens with zero attached hydrogens (tertiary/aromatic N) is 3.